The minimum atomic E-state index is 0.359. The number of pyridine rings is 1. The van der Waals surface area contributed by atoms with Crippen molar-refractivity contribution in [1.82, 2.24) is 10.3 Å². The Morgan fingerprint density at radius 3 is 2.47 bits per heavy atom. The lowest BCUT2D eigenvalue weighted by Gasteiger charge is -2.26. The van der Waals surface area contributed by atoms with Crippen LogP contribution in [-0.2, 0) is 6.42 Å². The van der Waals surface area contributed by atoms with Gasteiger partial charge >= 0.3 is 0 Å². The summed E-state index contributed by atoms with van der Waals surface area (Å²) in [6.07, 6.45) is 4.15. The molecule has 1 aromatic rings. The Morgan fingerprint density at radius 2 is 2.00 bits per heavy atom. The summed E-state index contributed by atoms with van der Waals surface area (Å²) in [6.45, 7) is 12.1. The summed E-state index contributed by atoms with van der Waals surface area (Å²) in [5.41, 5.74) is 2.77. The summed E-state index contributed by atoms with van der Waals surface area (Å²) in [7, 11) is 0. The maximum atomic E-state index is 4.49. The van der Waals surface area contributed by atoms with E-state index in [1.54, 1.807) is 0 Å². The largest absolute Gasteiger partial charge is 0.314 e. The molecule has 1 heterocycles. The number of likely N-dealkylation sites (N-methyl/N-ethyl adjacent to an activating group) is 1. The predicted molar refractivity (Wildman–Crippen MR) is 74.2 cm³/mol. The second-order valence-electron chi connectivity index (χ2n) is 6.05. The van der Waals surface area contributed by atoms with Gasteiger partial charge < -0.3 is 5.32 Å². The monoisotopic (exact) mass is 234 g/mol. The van der Waals surface area contributed by atoms with Crippen LogP contribution in [0.2, 0.25) is 0 Å². The predicted octanol–water partition coefficient (Wildman–Crippen LogP) is 3.35. The molecule has 0 aromatic carbocycles. The first-order chi connectivity index (χ1) is 7.90. The Kier molecular flexibility index (Phi) is 5.13. The van der Waals surface area contributed by atoms with Crippen LogP contribution in [0.25, 0.3) is 0 Å². The van der Waals surface area contributed by atoms with Gasteiger partial charge in [-0.3, -0.25) is 4.98 Å². The van der Waals surface area contributed by atoms with Crippen LogP contribution < -0.4 is 5.32 Å². The summed E-state index contributed by atoms with van der Waals surface area (Å²) in [4.78, 5) is 4.49. The zero-order chi connectivity index (χ0) is 12.9. The van der Waals surface area contributed by atoms with Gasteiger partial charge in [0.15, 0.2) is 0 Å². The minimum Gasteiger partial charge on any atom is -0.314 e. The maximum absolute atomic E-state index is 4.49. The van der Waals surface area contributed by atoms with Crippen LogP contribution in [0, 0.1) is 12.3 Å². The lowest BCUT2D eigenvalue weighted by atomic mass is 9.86. The van der Waals surface area contributed by atoms with E-state index in [1.807, 2.05) is 6.20 Å². The molecule has 2 heteroatoms. The lowest BCUT2D eigenvalue weighted by molar-refractivity contribution is 0.308. The van der Waals surface area contributed by atoms with Crippen molar-refractivity contribution in [3.8, 4) is 0 Å². The quantitative estimate of drug-likeness (QED) is 0.845. The third kappa shape index (κ3) is 5.83. The van der Waals surface area contributed by atoms with E-state index in [0.717, 1.165) is 13.0 Å². The molecule has 0 aliphatic carbocycles. The number of hydrogen-bond donors (Lipinski definition) is 1. The average molecular weight is 234 g/mol. The van der Waals surface area contributed by atoms with Crippen LogP contribution in [0.5, 0.6) is 0 Å². The zero-order valence-corrected chi connectivity index (χ0v) is 11.9. The summed E-state index contributed by atoms with van der Waals surface area (Å²) in [6, 6.07) is 4.81. The van der Waals surface area contributed by atoms with Crippen molar-refractivity contribution >= 4 is 0 Å². The Morgan fingerprint density at radius 1 is 1.29 bits per heavy atom. The van der Waals surface area contributed by atoms with Crippen LogP contribution in [0.4, 0.5) is 0 Å². The van der Waals surface area contributed by atoms with Gasteiger partial charge in [0.1, 0.15) is 0 Å². The molecule has 0 amide bonds. The van der Waals surface area contributed by atoms with Crippen LogP contribution in [0.3, 0.4) is 0 Å². The molecule has 96 valence electrons. The number of hydrogen-bond acceptors (Lipinski definition) is 2. The Bertz CT molecular complexity index is 322. The van der Waals surface area contributed by atoms with E-state index in [0.29, 0.717) is 11.5 Å². The summed E-state index contributed by atoms with van der Waals surface area (Å²) >= 11 is 0. The van der Waals surface area contributed by atoms with E-state index < -0.39 is 0 Å². The highest BCUT2D eigenvalue weighted by atomic mass is 14.9. The highest BCUT2D eigenvalue weighted by molar-refractivity contribution is 5.13. The molecule has 0 saturated heterocycles. The Balaban J connectivity index is 2.63. The SMILES string of the molecule is CCNC(Cc1ccc(C)cn1)CC(C)(C)C. The minimum absolute atomic E-state index is 0.359. The lowest BCUT2D eigenvalue weighted by Crippen LogP contribution is -2.34. The molecule has 0 spiro atoms. The van der Waals surface area contributed by atoms with Gasteiger partial charge in [-0.15, -0.1) is 0 Å². The molecule has 17 heavy (non-hydrogen) atoms. The summed E-state index contributed by atoms with van der Waals surface area (Å²) in [5.74, 6) is 0. The smallest absolute Gasteiger partial charge is 0.0419 e. The van der Waals surface area contributed by atoms with Crippen molar-refractivity contribution in [3.05, 3.63) is 29.6 Å². The van der Waals surface area contributed by atoms with Crippen molar-refractivity contribution in [3.63, 3.8) is 0 Å². The van der Waals surface area contributed by atoms with Crippen LogP contribution >= 0.6 is 0 Å². The third-order valence-corrected chi connectivity index (χ3v) is 2.78. The van der Waals surface area contributed by atoms with Crippen molar-refractivity contribution in [2.75, 3.05) is 6.54 Å². The van der Waals surface area contributed by atoms with Crippen molar-refractivity contribution in [1.29, 1.82) is 0 Å². The fraction of sp³-hybridized carbons (Fsp3) is 0.667. The van der Waals surface area contributed by atoms with Crippen LogP contribution in [0.1, 0.15) is 45.4 Å². The van der Waals surface area contributed by atoms with E-state index in [2.05, 4.69) is 57.1 Å². The fourth-order valence-electron chi connectivity index (χ4n) is 2.12. The van der Waals surface area contributed by atoms with Gasteiger partial charge in [0, 0.05) is 24.4 Å². The normalized spacial score (nSPS) is 13.7. The molecule has 0 bridgehead atoms. The molecular formula is C15H26N2. The number of nitrogens with one attached hydrogen (secondary N) is 1. The highest BCUT2D eigenvalue weighted by Crippen LogP contribution is 2.22. The highest BCUT2D eigenvalue weighted by Gasteiger charge is 2.18. The van der Waals surface area contributed by atoms with Crippen molar-refractivity contribution in [2.24, 2.45) is 5.41 Å². The molecule has 0 aliphatic heterocycles. The van der Waals surface area contributed by atoms with E-state index >= 15 is 0 Å². The van der Waals surface area contributed by atoms with Gasteiger partial charge in [-0.05, 0) is 36.9 Å². The van der Waals surface area contributed by atoms with Gasteiger partial charge in [-0.1, -0.05) is 33.8 Å². The van der Waals surface area contributed by atoms with Crippen molar-refractivity contribution in [2.45, 2.75) is 53.5 Å². The van der Waals surface area contributed by atoms with Gasteiger partial charge in [-0.25, -0.2) is 0 Å². The Hall–Kier alpha value is -0.890. The fourth-order valence-corrected chi connectivity index (χ4v) is 2.12. The van der Waals surface area contributed by atoms with Gasteiger partial charge in [0.25, 0.3) is 0 Å². The molecule has 1 N–H and O–H groups in total. The summed E-state index contributed by atoms with van der Waals surface area (Å²) < 4.78 is 0. The standard InChI is InChI=1S/C15H26N2/c1-6-16-14(10-15(3,4)5)9-13-8-7-12(2)11-17-13/h7-8,11,14,16H,6,9-10H2,1-5H3. The second kappa shape index (κ2) is 6.15. The molecule has 0 radical (unpaired) electrons. The first-order valence-electron chi connectivity index (χ1n) is 6.55. The molecule has 0 saturated carbocycles. The van der Waals surface area contributed by atoms with Crippen LogP contribution in [-0.4, -0.2) is 17.6 Å². The first-order valence-corrected chi connectivity index (χ1v) is 6.55. The van der Waals surface area contributed by atoms with E-state index in [-0.39, 0.29) is 0 Å². The summed E-state index contributed by atoms with van der Waals surface area (Å²) in [5, 5.41) is 3.56. The second-order valence-corrected chi connectivity index (χ2v) is 6.05. The van der Waals surface area contributed by atoms with Gasteiger partial charge in [0.05, 0.1) is 0 Å². The van der Waals surface area contributed by atoms with Crippen molar-refractivity contribution < 1.29 is 0 Å². The van der Waals surface area contributed by atoms with E-state index in [4.69, 9.17) is 0 Å². The van der Waals surface area contributed by atoms with Crippen LogP contribution in [0.15, 0.2) is 18.3 Å². The van der Waals surface area contributed by atoms with E-state index in [1.165, 1.54) is 17.7 Å². The molecular weight excluding hydrogens is 208 g/mol. The average Bonchev–Trinajstić information content (AvgIpc) is 2.19. The number of nitrogens with zero attached hydrogens (tertiary/aromatic N) is 1. The number of aryl methyl sites for hydroxylation is 1. The molecule has 1 unspecified atom stereocenters. The molecule has 0 fully saturated rings. The number of aromatic nitrogens is 1. The maximum Gasteiger partial charge on any atom is 0.0419 e. The van der Waals surface area contributed by atoms with E-state index in [9.17, 15) is 0 Å². The molecule has 1 rings (SSSR count). The third-order valence-electron chi connectivity index (χ3n) is 2.78. The zero-order valence-electron chi connectivity index (χ0n) is 11.9. The molecule has 2 nitrogen and oxygen atoms in total. The topological polar surface area (TPSA) is 24.9 Å². The first kappa shape index (κ1) is 14.2. The molecule has 1 aromatic heterocycles. The number of rotatable bonds is 5. The van der Waals surface area contributed by atoms with Gasteiger partial charge in [-0.2, -0.15) is 0 Å². The Labute approximate surface area is 106 Å². The molecule has 0 aliphatic rings. The van der Waals surface area contributed by atoms with Gasteiger partial charge in [0.2, 0.25) is 0 Å². The molecule has 1 atom stereocenters.